The zero-order chi connectivity index (χ0) is 23.4. The molecular weight excluding hydrogens is 422 g/mol. The van der Waals surface area contributed by atoms with Gasteiger partial charge in [-0.3, -0.25) is 4.79 Å². The number of aryl methyl sites for hydroxylation is 3. The van der Waals surface area contributed by atoms with Crippen molar-refractivity contribution >= 4 is 17.2 Å². The van der Waals surface area contributed by atoms with Crippen molar-refractivity contribution < 1.29 is 14.3 Å². The number of carbonyl (C=O) groups is 1. The van der Waals surface area contributed by atoms with Gasteiger partial charge in [0, 0.05) is 23.4 Å². The van der Waals surface area contributed by atoms with Crippen LogP contribution in [0.15, 0.2) is 16.5 Å². The molecule has 3 aromatic rings. The van der Waals surface area contributed by atoms with Crippen molar-refractivity contribution in [2.75, 3.05) is 13.2 Å². The van der Waals surface area contributed by atoms with Gasteiger partial charge in [-0.05, 0) is 86.4 Å². The molecule has 0 fully saturated rings. The fraction of sp³-hybridized carbons (Fsp3) is 0.480. The number of benzene rings is 1. The molecule has 7 heteroatoms. The Bertz CT molecular complexity index is 1080. The number of amides is 1. The molecular formula is C25H33N3O3S. The summed E-state index contributed by atoms with van der Waals surface area (Å²) in [4.78, 5) is 14.2. The molecule has 0 unspecified atom stereocenters. The number of aliphatic hydroxyl groups is 1. The fourth-order valence-electron chi connectivity index (χ4n) is 4.07. The van der Waals surface area contributed by atoms with E-state index in [0.717, 1.165) is 33.6 Å². The van der Waals surface area contributed by atoms with E-state index in [1.807, 2.05) is 26.0 Å². The molecule has 0 aliphatic heterocycles. The first-order valence-electron chi connectivity index (χ1n) is 11.1. The van der Waals surface area contributed by atoms with Crippen LogP contribution in [0.1, 0.15) is 53.0 Å². The molecule has 32 heavy (non-hydrogen) atoms. The molecule has 2 aromatic heterocycles. The molecule has 172 valence electrons. The summed E-state index contributed by atoms with van der Waals surface area (Å²) in [5.74, 6) is 1.62. The molecule has 0 atom stereocenters. The van der Waals surface area contributed by atoms with E-state index in [-0.39, 0.29) is 19.1 Å². The van der Waals surface area contributed by atoms with E-state index < -0.39 is 0 Å². The van der Waals surface area contributed by atoms with Crippen molar-refractivity contribution in [1.82, 2.24) is 15.5 Å². The quantitative estimate of drug-likeness (QED) is 0.477. The smallest absolute Gasteiger partial charge is 0.258 e. The third-order valence-corrected chi connectivity index (χ3v) is 6.92. The van der Waals surface area contributed by atoms with Crippen LogP contribution in [-0.4, -0.2) is 34.4 Å². The monoisotopic (exact) mass is 455 g/mol. The highest BCUT2D eigenvalue weighted by Gasteiger charge is 2.20. The van der Waals surface area contributed by atoms with Gasteiger partial charge in [0.15, 0.2) is 0 Å². The maximum absolute atomic E-state index is 11.9. The first-order chi connectivity index (χ1) is 15.2. The van der Waals surface area contributed by atoms with Crippen LogP contribution in [0.3, 0.4) is 0 Å². The third kappa shape index (κ3) is 5.45. The van der Waals surface area contributed by atoms with E-state index in [9.17, 15) is 4.79 Å². The number of nitrogens with one attached hydrogen (secondary N) is 1. The molecule has 0 bridgehead atoms. The van der Waals surface area contributed by atoms with E-state index in [2.05, 4.69) is 43.2 Å². The van der Waals surface area contributed by atoms with E-state index >= 15 is 0 Å². The van der Waals surface area contributed by atoms with Crippen molar-refractivity contribution in [3.63, 3.8) is 0 Å². The van der Waals surface area contributed by atoms with Crippen molar-refractivity contribution in [2.45, 2.75) is 60.8 Å². The highest BCUT2D eigenvalue weighted by atomic mass is 32.1. The minimum absolute atomic E-state index is 0.0474. The highest BCUT2D eigenvalue weighted by molar-refractivity contribution is 7.15. The van der Waals surface area contributed by atoms with Crippen LogP contribution in [0.2, 0.25) is 0 Å². The number of aromatic nitrogens is 2. The van der Waals surface area contributed by atoms with Crippen LogP contribution in [0.4, 0.5) is 0 Å². The lowest BCUT2D eigenvalue weighted by molar-refractivity contribution is -0.121. The zero-order valence-corrected chi connectivity index (χ0v) is 20.7. The van der Waals surface area contributed by atoms with Gasteiger partial charge in [-0.25, -0.2) is 0 Å². The molecule has 0 aliphatic rings. The summed E-state index contributed by atoms with van der Waals surface area (Å²) < 4.78 is 6.10. The second-order valence-corrected chi connectivity index (χ2v) is 9.99. The Morgan fingerprint density at radius 2 is 1.75 bits per heavy atom. The summed E-state index contributed by atoms with van der Waals surface area (Å²) in [7, 11) is 0. The largest absolute Gasteiger partial charge is 0.415 e. The molecule has 0 aliphatic carbocycles. The Morgan fingerprint density at radius 1 is 1.09 bits per heavy atom. The molecule has 0 spiro atoms. The first kappa shape index (κ1) is 24.1. The maximum Gasteiger partial charge on any atom is 0.258 e. The molecule has 0 saturated heterocycles. The predicted molar refractivity (Wildman–Crippen MR) is 129 cm³/mol. The Balaban J connectivity index is 1.81. The minimum atomic E-state index is -0.0538. The van der Waals surface area contributed by atoms with Gasteiger partial charge in [0.25, 0.3) is 5.89 Å². The summed E-state index contributed by atoms with van der Waals surface area (Å²) >= 11 is 1.72. The molecule has 0 radical (unpaired) electrons. The zero-order valence-electron chi connectivity index (χ0n) is 19.8. The van der Waals surface area contributed by atoms with Gasteiger partial charge in [-0.15, -0.1) is 21.5 Å². The van der Waals surface area contributed by atoms with Crippen LogP contribution < -0.4 is 5.32 Å². The van der Waals surface area contributed by atoms with Crippen LogP contribution in [-0.2, 0) is 17.6 Å². The van der Waals surface area contributed by atoms with E-state index in [4.69, 9.17) is 9.52 Å². The van der Waals surface area contributed by atoms with Gasteiger partial charge in [0.05, 0.1) is 11.5 Å². The molecule has 1 amide bonds. The number of thiophene rings is 1. The lowest BCUT2D eigenvalue weighted by Gasteiger charge is -2.11. The van der Waals surface area contributed by atoms with Gasteiger partial charge in [-0.2, -0.15) is 0 Å². The van der Waals surface area contributed by atoms with Crippen molar-refractivity contribution in [3.8, 4) is 22.2 Å². The number of hydrogen-bond acceptors (Lipinski definition) is 6. The molecule has 2 N–H and O–H groups in total. The molecule has 0 saturated carbocycles. The number of hydrogen-bond donors (Lipinski definition) is 2. The lowest BCUT2D eigenvalue weighted by Crippen LogP contribution is -2.26. The Hall–Kier alpha value is -2.51. The van der Waals surface area contributed by atoms with Gasteiger partial charge < -0.3 is 14.8 Å². The molecule has 2 heterocycles. The average Bonchev–Trinajstić information content (AvgIpc) is 3.32. The fourth-order valence-corrected chi connectivity index (χ4v) is 5.18. The molecule has 3 rings (SSSR count). The third-order valence-electron chi connectivity index (χ3n) is 5.68. The number of carbonyl (C=O) groups excluding carboxylic acids is 1. The summed E-state index contributed by atoms with van der Waals surface area (Å²) in [6, 6.07) is 4.09. The number of rotatable bonds is 9. The summed E-state index contributed by atoms with van der Waals surface area (Å²) in [5, 5.41) is 20.2. The van der Waals surface area contributed by atoms with Gasteiger partial charge >= 0.3 is 0 Å². The Morgan fingerprint density at radius 3 is 2.38 bits per heavy atom. The van der Waals surface area contributed by atoms with Crippen molar-refractivity contribution in [2.24, 2.45) is 5.92 Å². The van der Waals surface area contributed by atoms with E-state index in [1.54, 1.807) is 11.3 Å². The van der Waals surface area contributed by atoms with Gasteiger partial charge in [0.2, 0.25) is 11.8 Å². The SMILES string of the molecule is Cc1cc(-c2nnc(-c3sc(C)c(CC(C)C)c3C)o2)cc(C)c1CCC(=O)NCCO. The lowest BCUT2D eigenvalue weighted by atomic mass is 9.95. The van der Waals surface area contributed by atoms with Crippen LogP contribution in [0.5, 0.6) is 0 Å². The first-order valence-corrected chi connectivity index (χ1v) is 11.9. The van der Waals surface area contributed by atoms with Gasteiger partial charge in [-0.1, -0.05) is 13.8 Å². The van der Waals surface area contributed by atoms with Crippen LogP contribution in [0, 0.1) is 33.6 Å². The normalized spacial score (nSPS) is 11.4. The number of nitrogens with zero attached hydrogens (tertiary/aromatic N) is 2. The van der Waals surface area contributed by atoms with Crippen LogP contribution in [0.25, 0.3) is 22.2 Å². The van der Waals surface area contributed by atoms with E-state index in [0.29, 0.717) is 30.5 Å². The Labute approximate surface area is 194 Å². The summed E-state index contributed by atoms with van der Waals surface area (Å²) in [5.41, 5.74) is 6.85. The molecule has 1 aromatic carbocycles. The predicted octanol–water partition coefficient (Wildman–Crippen LogP) is 4.94. The maximum atomic E-state index is 11.9. The van der Waals surface area contributed by atoms with Gasteiger partial charge in [0.1, 0.15) is 0 Å². The number of aliphatic hydroxyl groups excluding tert-OH is 1. The minimum Gasteiger partial charge on any atom is -0.415 e. The summed E-state index contributed by atoms with van der Waals surface area (Å²) in [6.07, 6.45) is 2.09. The average molecular weight is 456 g/mol. The van der Waals surface area contributed by atoms with Crippen molar-refractivity contribution in [3.05, 3.63) is 44.8 Å². The summed E-state index contributed by atoms with van der Waals surface area (Å²) in [6.45, 7) is 13.1. The Kier molecular flexibility index (Phi) is 7.85. The highest BCUT2D eigenvalue weighted by Crippen LogP contribution is 2.37. The second-order valence-electron chi connectivity index (χ2n) is 8.76. The molecule has 6 nitrogen and oxygen atoms in total. The topological polar surface area (TPSA) is 88.2 Å². The standard InChI is InChI=1S/C25H33N3O3S/c1-14(2)11-21-17(5)23(32-18(21)6)25-28-27-24(31-25)19-12-15(3)20(16(4)13-19)7-8-22(30)26-9-10-29/h12-14,29H,7-11H2,1-6H3,(H,26,30). The second kappa shape index (κ2) is 10.4. The van der Waals surface area contributed by atoms with Crippen molar-refractivity contribution in [1.29, 1.82) is 0 Å². The van der Waals surface area contributed by atoms with Crippen LogP contribution >= 0.6 is 11.3 Å². The van der Waals surface area contributed by atoms with E-state index in [1.165, 1.54) is 16.0 Å².